The van der Waals surface area contributed by atoms with E-state index in [1.54, 1.807) is 0 Å². The summed E-state index contributed by atoms with van der Waals surface area (Å²) in [7, 11) is 0. The van der Waals surface area contributed by atoms with Crippen molar-refractivity contribution in [2.45, 2.75) is 31.6 Å². The normalized spacial score (nSPS) is 16.3. The lowest BCUT2D eigenvalue weighted by Crippen LogP contribution is -2.30. The number of pyridine rings is 1. The number of hydrogen-bond acceptors (Lipinski definition) is 3. The van der Waals surface area contributed by atoms with Gasteiger partial charge in [0.15, 0.2) is 0 Å². The molecule has 0 radical (unpaired) electrons. The van der Waals surface area contributed by atoms with Crippen LogP contribution < -0.4 is 0 Å². The summed E-state index contributed by atoms with van der Waals surface area (Å²) >= 11 is 0. The van der Waals surface area contributed by atoms with Crippen LogP contribution in [0.3, 0.4) is 0 Å². The summed E-state index contributed by atoms with van der Waals surface area (Å²) in [6, 6.07) is 2.63. The Labute approximate surface area is 103 Å². The summed E-state index contributed by atoms with van der Waals surface area (Å²) in [5.74, 6) is 0. The lowest BCUT2D eigenvalue weighted by molar-refractivity contribution is -0.138. The Bertz CT molecular complexity index is 405. The molecule has 1 fully saturated rings. The Balaban J connectivity index is 2.17. The number of aromatic nitrogens is 1. The Morgan fingerprint density at radius 2 is 2.11 bits per heavy atom. The molecule has 1 N–H and O–H groups in total. The number of nitrogens with zero attached hydrogens (tertiary/aromatic N) is 2. The summed E-state index contributed by atoms with van der Waals surface area (Å²) in [6.07, 6.45) is -1.05. The molecule has 0 aromatic carbocycles. The number of rotatable bonds is 5. The van der Waals surface area contributed by atoms with Crippen molar-refractivity contribution < 1.29 is 18.3 Å². The van der Waals surface area contributed by atoms with Crippen molar-refractivity contribution in [1.82, 2.24) is 9.88 Å². The first-order chi connectivity index (χ1) is 8.52. The third-order valence-electron chi connectivity index (χ3n) is 3.00. The molecule has 0 unspecified atom stereocenters. The molecule has 1 aromatic heterocycles. The second-order valence-electron chi connectivity index (χ2n) is 4.42. The molecule has 1 aliphatic rings. The largest absolute Gasteiger partial charge is 0.418 e. The molecule has 3 nitrogen and oxygen atoms in total. The maximum Gasteiger partial charge on any atom is 0.418 e. The van der Waals surface area contributed by atoms with E-state index in [1.807, 2.05) is 4.90 Å². The zero-order chi connectivity index (χ0) is 13.2. The van der Waals surface area contributed by atoms with Crippen molar-refractivity contribution in [2.24, 2.45) is 0 Å². The Morgan fingerprint density at radius 3 is 2.67 bits per heavy atom. The maximum atomic E-state index is 12.8. The van der Waals surface area contributed by atoms with E-state index in [2.05, 4.69) is 4.98 Å². The van der Waals surface area contributed by atoms with Gasteiger partial charge in [-0.25, -0.2) is 0 Å². The van der Waals surface area contributed by atoms with Crippen LogP contribution in [0.25, 0.3) is 0 Å². The lowest BCUT2D eigenvalue weighted by Gasteiger charge is -2.22. The molecular formula is C12H15F3N2O. The fourth-order valence-corrected chi connectivity index (χ4v) is 1.97. The molecule has 0 saturated heterocycles. The van der Waals surface area contributed by atoms with E-state index < -0.39 is 11.7 Å². The Hall–Kier alpha value is -1.14. The monoisotopic (exact) mass is 260 g/mol. The van der Waals surface area contributed by atoms with Crippen molar-refractivity contribution in [3.8, 4) is 0 Å². The highest BCUT2D eigenvalue weighted by molar-refractivity contribution is 5.23. The van der Waals surface area contributed by atoms with Gasteiger partial charge in [0.05, 0.1) is 17.9 Å². The molecule has 1 heterocycles. The number of halogens is 3. The first-order valence-corrected chi connectivity index (χ1v) is 5.88. The standard InChI is InChI=1S/C12H15F3N2O/c13-12(14,15)10-2-1-5-16-11(10)8-17(6-7-18)9-3-4-9/h1-2,5,9,18H,3-4,6-8H2. The van der Waals surface area contributed by atoms with Gasteiger partial charge < -0.3 is 5.11 Å². The topological polar surface area (TPSA) is 36.4 Å². The van der Waals surface area contributed by atoms with Crippen LogP contribution in [-0.4, -0.2) is 34.2 Å². The van der Waals surface area contributed by atoms with Gasteiger partial charge in [-0.15, -0.1) is 0 Å². The van der Waals surface area contributed by atoms with E-state index in [9.17, 15) is 13.2 Å². The predicted molar refractivity (Wildman–Crippen MR) is 59.8 cm³/mol. The molecule has 0 spiro atoms. The van der Waals surface area contributed by atoms with Gasteiger partial charge in [-0.2, -0.15) is 13.2 Å². The second-order valence-corrected chi connectivity index (χ2v) is 4.42. The third-order valence-corrected chi connectivity index (χ3v) is 3.00. The predicted octanol–water partition coefficient (Wildman–Crippen LogP) is 2.06. The molecule has 0 aliphatic heterocycles. The van der Waals surface area contributed by atoms with Crippen molar-refractivity contribution in [3.63, 3.8) is 0 Å². The van der Waals surface area contributed by atoms with Crippen molar-refractivity contribution >= 4 is 0 Å². The first-order valence-electron chi connectivity index (χ1n) is 5.88. The summed E-state index contributed by atoms with van der Waals surface area (Å²) < 4.78 is 38.4. The van der Waals surface area contributed by atoms with E-state index in [0.29, 0.717) is 12.6 Å². The van der Waals surface area contributed by atoms with Crippen molar-refractivity contribution in [1.29, 1.82) is 0 Å². The van der Waals surface area contributed by atoms with Gasteiger partial charge in [0.25, 0.3) is 0 Å². The fourth-order valence-electron chi connectivity index (χ4n) is 1.97. The minimum Gasteiger partial charge on any atom is -0.395 e. The van der Waals surface area contributed by atoms with Gasteiger partial charge >= 0.3 is 6.18 Å². The molecule has 18 heavy (non-hydrogen) atoms. The van der Waals surface area contributed by atoms with Crippen molar-refractivity contribution in [3.05, 3.63) is 29.6 Å². The number of hydrogen-bond donors (Lipinski definition) is 1. The van der Waals surface area contributed by atoms with E-state index in [1.165, 1.54) is 12.3 Å². The van der Waals surface area contributed by atoms with Crippen LogP contribution in [0.2, 0.25) is 0 Å². The van der Waals surface area contributed by atoms with Crippen molar-refractivity contribution in [2.75, 3.05) is 13.2 Å². The fraction of sp³-hybridized carbons (Fsp3) is 0.583. The number of aliphatic hydroxyl groups is 1. The second kappa shape index (κ2) is 5.24. The average molecular weight is 260 g/mol. The van der Waals surface area contributed by atoms with Crippen LogP contribution in [0.15, 0.2) is 18.3 Å². The van der Waals surface area contributed by atoms with E-state index in [0.717, 1.165) is 18.9 Å². The molecule has 1 aromatic rings. The molecule has 100 valence electrons. The van der Waals surface area contributed by atoms with E-state index >= 15 is 0 Å². The van der Waals surface area contributed by atoms with Gasteiger partial charge in [0, 0.05) is 25.3 Å². The van der Waals surface area contributed by atoms with Crippen LogP contribution in [0.5, 0.6) is 0 Å². The molecular weight excluding hydrogens is 245 g/mol. The van der Waals surface area contributed by atoms with Crippen LogP contribution >= 0.6 is 0 Å². The lowest BCUT2D eigenvalue weighted by atomic mass is 10.1. The molecule has 2 rings (SSSR count). The third kappa shape index (κ3) is 3.20. The molecule has 1 aliphatic carbocycles. The molecule has 0 bridgehead atoms. The minimum atomic E-state index is -4.38. The highest BCUT2D eigenvalue weighted by Crippen LogP contribution is 2.33. The van der Waals surface area contributed by atoms with Crippen LogP contribution in [0.4, 0.5) is 13.2 Å². The highest BCUT2D eigenvalue weighted by atomic mass is 19.4. The SMILES string of the molecule is OCCN(Cc1ncccc1C(F)(F)F)C1CC1. The summed E-state index contributed by atoms with van der Waals surface area (Å²) in [5.41, 5.74) is -0.654. The maximum absolute atomic E-state index is 12.8. The zero-order valence-corrected chi connectivity index (χ0v) is 9.82. The number of aliphatic hydroxyl groups excluding tert-OH is 1. The smallest absolute Gasteiger partial charge is 0.395 e. The zero-order valence-electron chi connectivity index (χ0n) is 9.82. The van der Waals surface area contributed by atoms with Crippen LogP contribution in [0, 0.1) is 0 Å². The minimum absolute atomic E-state index is 0.0327. The van der Waals surface area contributed by atoms with Gasteiger partial charge in [-0.05, 0) is 25.0 Å². The van der Waals surface area contributed by atoms with Gasteiger partial charge in [-0.3, -0.25) is 9.88 Å². The summed E-state index contributed by atoms with van der Waals surface area (Å²) in [4.78, 5) is 5.69. The summed E-state index contributed by atoms with van der Waals surface area (Å²) in [5, 5.41) is 8.94. The van der Waals surface area contributed by atoms with Gasteiger partial charge in [0.2, 0.25) is 0 Å². The molecule has 0 amide bonds. The average Bonchev–Trinajstić information content (AvgIpc) is 3.11. The number of alkyl halides is 3. The van der Waals surface area contributed by atoms with Gasteiger partial charge in [0.1, 0.15) is 0 Å². The molecule has 1 saturated carbocycles. The summed E-state index contributed by atoms with van der Waals surface area (Å²) in [6.45, 7) is 0.476. The van der Waals surface area contributed by atoms with Crippen LogP contribution in [0.1, 0.15) is 24.1 Å². The molecule has 0 atom stereocenters. The molecule has 6 heteroatoms. The first kappa shape index (κ1) is 13.3. The Morgan fingerprint density at radius 1 is 1.39 bits per heavy atom. The van der Waals surface area contributed by atoms with E-state index in [-0.39, 0.29) is 18.8 Å². The Kier molecular flexibility index (Phi) is 3.87. The highest BCUT2D eigenvalue weighted by Gasteiger charge is 2.36. The van der Waals surface area contributed by atoms with Gasteiger partial charge in [-0.1, -0.05) is 0 Å². The van der Waals surface area contributed by atoms with Crippen LogP contribution in [-0.2, 0) is 12.7 Å². The van der Waals surface area contributed by atoms with E-state index in [4.69, 9.17) is 5.11 Å². The quantitative estimate of drug-likeness (QED) is 0.880.